The van der Waals surface area contributed by atoms with Gasteiger partial charge in [-0.3, -0.25) is 0 Å². The van der Waals surface area contributed by atoms with Gasteiger partial charge in [0.15, 0.2) is 11.3 Å². The van der Waals surface area contributed by atoms with Gasteiger partial charge < -0.3 is 14.9 Å². The first kappa shape index (κ1) is 12.0. The molecule has 17 heavy (non-hydrogen) atoms. The lowest BCUT2D eigenvalue weighted by Gasteiger charge is -2.04. The minimum absolute atomic E-state index is 0.0959. The minimum Gasteiger partial charge on any atom is -0.490 e. The van der Waals surface area contributed by atoms with Crippen LogP contribution in [0.3, 0.4) is 0 Å². The molecule has 1 atom stereocenters. The summed E-state index contributed by atoms with van der Waals surface area (Å²) in [5, 5.41) is 1.09. The van der Waals surface area contributed by atoms with Crippen molar-refractivity contribution in [3.8, 4) is 5.75 Å². The molecule has 0 spiro atoms. The smallest absolute Gasteiger partial charge is 0.176 e. The maximum atomic E-state index is 5.89. The summed E-state index contributed by atoms with van der Waals surface area (Å²) in [6, 6.07) is 5.87. The summed E-state index contributed by atoms with van der Waals surface area (Å²) in [6.45, 7) is 6.75. The number of hydrogen-bond acceptors (Lipinski definition) is 3. The Bertz CT molecular complexity index is 514. The Morgan fingerprint density at radius 2 is 2.18 bits per heavy atom. The van der Waals surface area contributed by atoms with Crippen LogP contribution in [-0.2, 0) is 0 Å². The molecule has 0 saturated carbocycles. The molecule has 1 aromatic carbocycles. The van der Waals surface area contributed by atoms with E-state index in [0.29, 0.717) is 6.61 Å². The van der Waals surface area contributed by atoms with Gasteiger partial charge in [0.05, 0.1) is 12.6 Å². The molecule has 2 rings (SSSR count). The summed E-state index contributed by atoms with van der Waals surface area (Å²) in [6.07, 6.45) is 0.982. The predicted molar refractivity (Wildman–Crippen MR) is 69.3 cm³/mol. The standard InChI is InChI=1S/C14H19NO2/c1-4-8-16-12-7-5-6-11-9(2)13(10(3)15)17-14(11)12/h5-7,10H,4,8,15H2,1-3H3. The van der Waals surface area contributed by atoms with Gasteiger partial charge in [-0.1, -0.05) is 19.1 Å². The number of hydrogen-bond donors (Lipinski definition) is 1. The van der Waals surface area contributed by atoms with Gasteiger partial charge in [0.2, 0.25) is 0 Å². The number of aryl methyl sites for hydroxylation is 1. The quantitative estimate of drug-likeness (QED) is 0.878. The SMILES string of the molecule is CCCOc1cccc2c(C)c(C(C)N)oc12. The molecule has 3 nitrogen and oxygen atoms in total. The molecule has 2 N–H and O–H groups in total. The number of fused-ring (bicyclic) bond motifs is 1. The molecule has 0 aliphatic heterocycles. The molecule has 92 valence electrons. The molecular weight excluding hydrogens is 214 g/mol. The number of nitrogens with two attached hydrogens (primary N) is 1. The van der Waals surface area contributed by atoms with Gasteiger partial charge in [0, 0.05) is 10.9 Å². The largest absolute Gasteiger partial charge is 0.490 e. The highest BCUT2D eigenvalue weighted by Crippen LogP contribution is 2.34. The van der Waals surface area contributed by atoms with Crippen molar-refractivity contribution in [1.82, 2.24) is 0 Å². The van der Waals surface area contributed by atoms with Gasteiger partial charge >= 0.3 is 0 Å². The Kier molecular flexibility index (Phi) is 3.38. The summed E-state index contributed by atoms with van der Waals surface area (Å²) in [5.74, 6) is 1.65. The summed E-state index contributed by atoms with van der Waals surface area (Å²) in [4.78, 5) is 0. The minimum atomic E-state index is -0.0959. The zero-order chi connectivity index (χ0) is 12.4. The molecule has 2 aromatic rings. The average molecular weight is 233 g/mol. The fraction of sp³-hybridized carbons (Fsp3) is 0.429. The molecule has 0 fully saturated rings. The molecule has 0 saturated heterocycles. The van der Waals surface area contributed by atoms with E-state index in [-0.39, 0.29) is 6.04 Å². The van der Waals surface area contributed by atoms with Crippen molar-refractivity contribution in [2.45, 2.75) is 33.2 Å². The Labute approximate surface area is 102 Å². The fourth-order valence-corrected chi connectivity index (χ4v) is 2.00. The topological polar surface area (TPSA) is 48.4 Å². The third-order valence-corrected chi connectivity index (χ3v) is 2.84. The van der Waals surface area contributed by atoms with Gasteiger partial charge in [0.1, 0.15) is 5.76 Å². The van der Waals surface area contributed by atoms with E-state index in [2.05, 4.69) is 6.92 Å². The van der Waals surface area contributed by atoms with Crippen molar-refractivity contribution in [3.63, 3.8) is 0 Å². The third-order valence-electron chi connectivity index (χ3n) is 2.84. The van der Waals surface area contributed by atoms with E-state index >= 15 is 0 Å². The van der Waals surface area contributed by atoms with Crippen LogP contribution in [0.25, 0.3) is 11.0 Å². The molecule has 1 unspecified atom stereocenters. The van der Waals surface area contributed by atoms with E-state index < -0.39 is 0 Å². The maximum absolute atomic E-state index is 5.89. The Morgan fingerprint density at radius 3 is 2.82 bits per heavy atom. The van der Waals surface area contributed by atoms with Crippen LogP contribution >= 0.6 is 0 Å². The van der Waals surface area contributed by atoms with E-state index in [1.807, 2.05) is 32.0 Å². The molecule has 1 heterocycles. The highest BCUT2D eigenvalue weighted by atomic mass is 16.5. The van der Waals surface area contributed by atoms with Crippen molar-refractivity contribution in [2.75, 3.05) is 6.61 Å². The molecule has 0 aliphatic carbocycles. The van der Waals surface area contributed by atoms with E-state index in [1.165, 1.54) is 0 Å². The lowest BCUT2D eigenvalue weighted by atomic mass is 10.1. The van der Waals surface area contributed by atoms with Crippen LogP contribution < -0.4 is 10.5 Å². The molecule has 0 aliphatic rings. The Morgan fingerprint density at radius 1 is 1.41 bits per heavy atom. The van der Waals surface area contributed by atoms with Crippen LogP contribution in [0, 0.1) is 6.92 Å². The number of ether oxygens (including phenoxy) is 1. The molecule has 0 amide bonds. The maximum Gasteiger partial charge on any atom is 0.176 e. The van der Waals surface area contributed by atoms with Gasteiger partial charge in [-0.25, -0.2) is 0 Å². The summed E-state index contributed by atoms with van der Waals surface area (Å²) < 4.78 is 11.5. The first-order valence-electron chi connectivity index (χ1n) is 6.05. The second kappa shape index (κ2) is 4.80. The first-order valence-corrected chi connectivity index (χ1v) is 6.05. The van der Waals surface area contributed by atoms with Crippen LogP contribution in [0.2, 0.25) is 0 Å². The summed E-state index contributed by atoms with van der Waals surface area (Å²) in [7, 11) is 0. The van der Waals surface area contributed by atoms with Crippen molar-refractivity contribution in [2.24, 2.45) is 5.73 Å². The van der Waals surface area contributed by atoms with Crippen LogP contribution in [0.5, 0.6) is 5.75 Å². The molecular formula is C14H19NO2. The van der Waals surface area contributed by atoms with E-state index in [1.54, 1.807) is 0 Å². The molecule has 0 radical (unpaired) electrons. The van der Waals surface area contributed by atoms with Crippen molar-refractivity contribution in [1.29, 1.82) is 0 Å². The van der Waals surface area contributed by atoms with E-state index in [9.17, 15) is 0 Å². The zero-order valence-electron chi connectivity index (χ0n) is 10.6. The van der Waals surface area contributed by atoms with Gasteiger partial charge in [0.25, 0.3) is 0 Å². The van der Waals surface area contributed by atoms with Crippen molar-refractivity contribution in [3.05, 3.63) is 29.5 Å². The van der Waals surface area contributed by atoms with Crippen LogP contribution in [0.4, 0.5) is 0 Å². The van der Waals surface area contributed by atoms with Crippen LogP contribution in [0.15, 0.2) is 22.6 Å². The summed E-state index contributed by atoms with van der Waals surface area (Å²) >= 11 is 0. The summed E-state index contributed by atoms with van der Waals surface area (Å²) in [5.41, 5.74) is 7.81. The average Bonchev–Trinajstić information content (AvgIpc) is 2.65. The van der Waals surface area contributed by atoms with E-state index in [0.717, 1.165) is 34.5 Å². The van der Waals surface area contributed by atoms with E-state index in [4.69, 9.17) is 14.9 Å². The lowest BCUT2D eigenvalue weighted by Crippen LogP contribution is -2.04. The highest BCUT2D eigenvalue weighted by molar-refractivity contribution is 5.87. The lowest BCUT2D eigenvalue weighted by molar-refractivity contribution is 0.315. The Hall–Kier alpha value is -1.48. The molecule has 1 aromatic heterocycles. The van der Waals surface area contributed by atoms with Gasteiger partial charge in [-0.05, 0) is 26.3 Å². The van der Waals surface area contributed by atoms with Crippen molar-refractivity contribution >= 4 is 11.0 Å². The monoisotopic (exact) mass is 233 g/mol. The predicted octanol–water partition coefficient (Wildman–Crippen LogP) is 3.55. The Balaban J connectivity index is 2.52. The van der Waals surface area contributed by atoms with Crippen LogP contribution in [0.1, 0.15) is 37.6 Å². The molecule has 0 bridgehead atoms. The normalized spacial score (nSPS) is 12.9. The number of para-hydroxylation sites is 1. The molecule has 3 heteroatoms. The second-order valence-electron chi connectivity index (χ2n) is 4.36. The van der Waals surface area contributed by atoms with Crippen molar-refractivity contribution < 1.29 is 9.15 Å². The highest BCUT2D eigenvalue weighted by Gasteiger charge is 2.16. The van der Waals surface area contributed by atoms with Crippen LogP contribution in [-0.4, -0.2) is 6.61 Å². The third kappa shape index (κ3) is 2.15. The number of rotatable bonds is 4. The number of benzene rings is 1. The fourth-order valence-electron chi connectivity index (χ4n) is 2.00. The first-order chi connectivity index (χ1) is 8.15. The number of furan rings is 1. The van der Waals surface area contributed by atoms with Gasteiger partial charge in [-0.2, -0.15) is 0 Å². The zero-order valence-corrected chi connectivity index (χ0v) is 10.6. The second-order valence-corrected chi connectivity index (χ2v) is 4.36. The van der Waals surface area contributed by atoms with Gasteiger partial charge in [-0.15, -0.1) is 0 Å².